The zero-order chi connectivity index (χ0) is 24.5. The van der Waals surface area contributed by atoms with Crippen molar-refractivity contribution in [3.63, 3.8) is 0 Å². The van der Waals surface area contributed by atoms with Gasteiger partial charge in [-0.15, -0.1) is 0 Å². The molecule has 1 fully saturated rings. The molecule has 1 N–H and O–H groups in total. The SMILES string of the molecule is COc1ccc(CCC(=O)N(Cc2ccc(C)cc2)C(C)C(=O)NC2CCCCC2)cc1OC. The molecule has 1 aliphatic carbocycles. The van der Waals surface area contributed by atoms with Crippen LogP contribution in [0.15, 0.2) is 42.5 Å². The van der Waals surface area contributed by atoms with E-state index in [0.29, 0.717) is 30.9 Å². The Labute approximate surface area is 203 Å². The van der Waals surface area contributed by atoms with Gasteiger partial charge in [0.2, 0.25) is 11.8 Å². The molecule has 1 saturated carbocycles. The van der Waals surface area contributed by atoms with E-state index >= 15 is 0 Å². The number of nitrogens with one attached hydrogen (secondary N) is 1. The maximum absolute atomic E-state index is 13.4. The minimum Gasteiger partial charge on any atom is -0.493 e. The third-order valence-corrected chi connectivity index (χ3v) is 6.67. The van der Waals surface area contributed by atoms with E-state index in [2.05, 4.69) is 5.32 Å². The van der Waals surface area contributed by atoms with Gasteiger partial charge in [0.1, 0.15) is 6.04 Å². The molecule has 1 unspecified atom stereocenters. The second kappa shape index (κ2) is 12.4. The summed E-state index contributed by atoms with van der Waals surface area (Å²) in [6, 6.07) is 13.5. The highest BCUT2D eigenvalue weighted by Crippen LogP contribution is 2.28. The first kappa shape index (κ1) is 25.6. The first-order valence-corrected chi connectivity index (χ1v) is 12.3. The number of hydrogen-bond acceptors (Lipinski definition) is 4. The summed E-state index contributed by atoms with van der Waals surface area (Å²) < 4.78 is 10.7. The molecule has 0 radical (unpaired) electrons. The summed E-state index contributed by atoms with van der Waals surface area (Å²) in [7, 11) is 3.20. The number of amides is 2. The average molecular weight is 467 g/mol. The number of hydrogen-bond donors (Lipinski definition) is 1. The van der Waals surface area contributed by atoms with E-state index in [-0.39, 0.29) is 17.9 Å². The van der Waals surface area contributed by atoms with Crippen molar-refractivity contribution < 1.29 is 19.1 Å². The molecule has 3 rings (SSSR count). The standard InChI is InChI=1S/C28H38N2O4/c1-20-10-12-23(13-11-20)19-30(21(2)28(32)29-24-8-6-5-7-9-24)27(31)17-15-22-14-16-25(33-3)26(18-22)34-4/h10-14,16,18,21,24H,5-9,15,17,19H2,1-4H3,(H,29,32). The number of methoxy groups -OCH3 is 2. The fourth-order valence-corrected chi connectivity index (χ4v) is 4.47. The quantitative estimate of drug-likeness (QED) is 0.546. The third kappa shape index (κ3) is 6.99. The molecule has 0 spiro atoms. The first-order chi connectivity index (χ1) is 16.4. The lowest BCUT2D eigenvalue weighted by molar-refractivity contribution is -0.141. The van der Waals surface area contributed by atoms with E-state index < -0.39 is 6.04 Å². The van der Waals surface area contributed by atoms with Crippen LogP contribution in [0, 0.1) is 6.92 Å². The Morgan fingerprint density at radius 2 is 1.62 bits per heavy atom. The minimum atomic E-state index is -0.541. The molecule has 0 bridgehead atoms. The Balaban J connectivity index is 1.71. The molecule has 1 atom stereocenters. The van der Waals surface area contributed by atoms with E-state index in [1.165, 1.54) is 6.42 Å². The number of ether oxygens (including phenoxy) is 2. The largest absolute Gasteiger partial charge is 0.493 e. The van der Waals surface area contributed by atoms with E-state index in [4.69, 9.17) is 9.47 Å². The van der Waals surface area contributed by atoms with E-state index in [0.717, 1.165) is 42.4 Å². The lowest BCUT2D eigenvalue weighted by Crippen LogP contribution is -2.50. The van der Waals surface area contributed by atoms with Crippen molar-refractivity contribution in [3.05, 3.63) is 59.2 Å². The number of rotatable bonds is 10. The highest BCUT2D eigenvalue weighted by atomic mass is 16.5. The van der Waals surface area contributed by atoms with Crippen LogP contribution in [-0.2, 0) is 22.6 Å². The summed E-state index contributed by atoms with van der Waals surface area (Å²) in [4.78, 5) is 28.2. The minimum absolute atomic E-state index is 0.0401. The molecule has 6 heteroatoms. The van der Waals surface area contributed by atoms with Crippen LogP contribution in [0.4, 0.5) is 0 Å². The van der Waals surface area contributed by atoms with Gasteiger partial charge < -0.3 is 19.7 Å². The molecular weight excluding hydrogens is 428 g/mol. The average Bonchev–Trinajstić information content (AvgIpc) is 2.86. The van der Waals surface area contributed by atoms with Crippen LogP contribution in [0.25, 0.3) is 0 Å². The molecule has 2 amide bonds. The topological polar surface area (TPSA) is 67.9 Å². The maximum atomic E-state index is 13.4. The van der Waals surface area contributed by atoms with Gasteiger partial charge in [-0.25, -0.2) is 0 Å². The lowest BCUT2D eigenvalue weighted by Gasteiger charge is -2.31. The van der Waals surface area contributed by atoms with E-state index in [1.54, 1.807) is 19.1 Å². The lowest BCUT2D eigenvalue weighted by atomic mass is 9.95. The molecule has 0 heterocycles. The van der Waals surface area contributed by atoms with Crippen molar-refractivity contribution in [3.8, 4) is 11.5 Å². The summed E-state index contributed by atoms with van der Waals surface area (Å²) in [5, 5.41) is 3.19. The fraction of sp³-hybridized carbons (Fsp3) is 0.500. The van der Waals surface area contributed by atoms with Crippen molar-refractivity contribution in [2.24, 2.45) is 0 Å². The van der Waals surface area contributed by atoms with Crippen molar-refractivity contribution in [1.82, 2.24) is 10.2 Å². The monoisotopic (exact) mass is 466 g/mol. The molecule has 0 aliphatic heterocycles. The van der Waals surface area contributed by atoms with Crippen LogP contribution in [0.3, 0.4) is 0 Å². The molecule has 34 heavy (non-hydrogen) atoms. The second-order valence-corrected chi connectivity index (χ2v) is 9.22. The van der Waals surface area contributed by atoms with Crippen molar-refractivity contribution in [2.45, 2.75) is 77.4 Å². The fourth-order valence-electron chi connectivity index (χ4n) is 4.47. The molecule has 2 aromatic rings. The van der Waals surface area contributed by atoms with Crippen LogP contribution >= 0.6 is 0 Å². The van der Waals surface area contributed by atoms with Crippen LogP contribution < -0.4 is 14.8 Å². The van der Waals surface area contributed by atoms with Crippen LogP contribution in [0.2, 0.25) is 0 Å². The summed E-state index contributed by atoms with van der Waals surface area (Å²) in [5.74, 6) is 1.19. The molecule has 2 aromatic carbocycles. The summed E-state index contributed by atoms with van der Waals surface area (Å²) in [6.45, 7) is 4.28. The van der Waals surface area contributed by atoms with Gasteiger partial charge in [0, 0.05) is 19.0 Å². The second-order valence-electron chi connectivity index (χ2n) is 9.22. The Kier molecular flexibility index (Phi) is 9.37. The first-order valence-electron chi connectivity index (χ1n) is 12.3. The van der Waals surface area contributed by atoms with Crippen LogP contribution in [0.1, 0.15) is 62.1 Å². The Morgan fingerprint density at radius 3 is 2.26 bits per heavy atom. The van der Waals surface area contributed by atoms with Crippen molar-refractivity contribution in [1.29, 1.82) is 0 Å². The number of aryl methyl sites for hydroxylation is 2. The van der Waals surface area contributed by atoms with Crippen molar-refractivity contribution in [2.75, 3.05) is 14.2 Å². The molecular formula is C28H38N2O4. The Hall–Kier alpha value is -3.02. The van der Waals surface area contributed by atoms with E-state index in [9.17, 15) is 9.59 Å². The number of benzene rings is 2. The summed E-state index contributed by atoms with van der Waals surface area (Å²) >= 11 is 0. The van der Waals surface area contributed by atoms with Crippen molar-refractivity contribution >= 4 is 11.8 Å². The van der Waals surface area contributed by atoms with Gasteiger partial charge in [-0.05, 0) is 56.4 Å². The van der Waals surface area contributed by atoms with Crippen LogP contribution in [0.5, 0.6) is 11.5 Å². The van der Waals surface area contributed by atoms with Gasteiger partial charge in [0.15, 0.2) is 11.5 Å². The van der Waals surface area contributed by atoms with Gasteiger partial charge in [-0.2, -0.15) is 0 Å². The Bertz CT molecular complexity index is 951. The molecule has 6 nitrogen and oxygen atoms in total. The van der Waals surface area contributed by atoms with Crippen LogP contribution in [-0.4, -0.2) is 43.0 Å². The molecule has 0 aromatic heterocycles. The summed E-state index contributed by atoms with van der Waals surface area (Å²) in [5.41, 5.74) is 3.17. The van der Waals surface area contributed by atoms with Gasteiger partial charge in [-0.1, -0.05) is 55.2 Å². The molecule has 184 valence electrons. The number of carbonyl (C=O) groups is 2. The predicted molar refractivity (Wildman–Crippen MR) is 134 cm³/mol. The van der Waals surface area contributed by atoms with E-state index in [1.807, 2.05) is 56.3 Å². The maximum Gasteiger partial charge on any atom is 0.242 e. The van der Waals surface area contributed by atoms with Gasteiger partial charge in [0.25, 0.3) is 0 Å². The van der Waals surface area contributed by atoms with Gasteiger partial charge >= 0.3 is 0 Å². The smallest absolute Gasteiger partial charge is 0.242 e. The highest BCUT2D eigenvalue weighted by molar-refractivity contribution is 5.87. The van der Waals surface area contributed by atoms with Gasteiger partial charge in [0.05, 0.1) is 14.2 Å². The zero-order valence-corrected chi connectivity index (χ0v) is 20.9. The van der Waals surface area contributed by atoms with Gasteiger partial charge in [-0.3, -0.25) is 9.59 Å². The number of nitrogens with zero attached hydrogens (tertiary/aromatic N) is 1. The summed E-state index contributed by atoms with van der Waals surface area (Å²) in [6.07, 6.45) is 6.43. The predicted octanol–water partition coefficient (Wildman–Crippen LogP) is 4.81. The Morgan fingerprint density at radius 1 is 0.971 bits per heavy atom. The normalized spacial score (nSPS) is 14.8. The number of carbonyl (C=O) groups excluding carboxylic acids is 2. The third-order valence-electron chi connectivity index (χ3n) is 6.67. The highest BCUT2D eigenvalue weighted by Gasteiger charge is 2.28. The molecule has 1 aliphatic rings. The zero-order valence-electron chi connectivity index (χ0n) is 20.9. The molecule has 0 saturated heterocycles.